The molecule has 5 heteroatoms. The topological polar surface area (TPSA) is 72.9 Å². The van der Waals surface area contributed by atoms with E-state index in [0.717, 1.165) is 12.1 Å². The average molecular weight is 272 g/mol. The Morgan fingerprint density at radius 3 is 2.70 bits per heavy atom. The number of anilines is 1. The highest BCUT2D eigenvalue weighted by atomic mass is 16.2. The lowest BCUT2D eigenvalue weighted by atomic mass is 10.1. The van der Waals surface area contributed by atoms with Crippen LogP contribution >= 0.6 is 0 Å². The van der Waals surface area contributed by atoms with Gasteiger partial charge >= 0.3 is 0 Å². The summed E-state index contributed by atoms with van der Waals surface area (Å²) in [6, 6.07) is 8.62. The first-order chi connectivity index (χ1) is 9.56. The summed E-state index contributed by atoms with van der Waals surface area (Å²) in [5.41, 5.74) is 7.39. The van der Waals surface area contributed by atoms with E-state index < -0.39 is 6.04 Å². The molecule has 0 aliphatic heterocycles. The summed E-state index contributed by atoms with van der Waals surface area (Å²) in [5.74, 6) is 0.269. The molecule has 0 aliphatic rings. The molecule has 2 aromatic rings. The van der Waals surface area contributed by atoms with Gasteiger partial charge in [-0.15, -0.1) is 0 Å². The summed E-state index contributed by atoms with van der Waals surface area (Å²) < 4.78 is 1.81. The highest BCUT2D eigenvalue weighted by molar-refractivity contribution is 5.95. The van der Waals surface area contributed by atoms with Gasteiger partial charge < -0.3 is 11.1 Å². The standard InChI is InChI=1S/C15H20N4O/c1-11(2)9-19-10-13(8-17-19)18-15(20)14(16)12-6-4-3-5-7-12/h3-8,10-11,14H,9,16H2,1-2H3,(H,18,20). The zero-order valence-electron chi connectivity index (χ0n) is 11.8. The van der Waals surface area contributed by atoms with Gasteiger partial charge in [0.15, 0.2) is 0 Å². The van der Waals surface area contributed by atoms with Crippen molar-refractivity contribution in [2.75, 3.05) is 5.32 Å². The molecule has 1 unspecified atom stereocenters. The van der Waals surface area contributed by atoms with Crippen LogP contribution in [0.5, 0.6) is 0 Å². The third-order valence-corrected chi connectivity index (χ3v) is 2.89. The zero-order chi connectivity index (χ0) is 14.5. The van der Waals surface area contributed by atoms with Crippen molar-refractivity contribution < 1.29 is 4.79 Å². The van der Waals surface area contributed by atoms with Crippen LogP contribution in [-0.4, -0.2) is 15.7 Å². The van der Waals surface area contributed by atoms with Crippen LogP contribution in [0, 0.1) is 5.92 Å². The van der Waals surface area contributed by atoms with E-state index in [-0.39, 0.29) is 5.91 Å². The molecule has 1 aromatic carbocycles. The smallest absolute Gasteiger partial charge is 0.245 e. The van der Waals surface area contributed by atoms with Crippen LogP contribution in [0.2, 0.25) is 0 Å². The zero-order valence-corrected chi connectivity index (χ0v) is 11.8. The molecule has 5 nitrogen and oxygen atoms in total. The van der Waals surface area contributed by atoms with Crippen LogP contribution < -0.4 is 11.1 Å². The minimum Gasteiger partial charge on any atom is -0.322 e. The maximum Gasteiger partial charge on any atom is 0.245 e. The first-order valence-electron chi connectivity index (χ1n) is 6.70. The number of hydrogen-bond donors (Lipinski definition) is 2. The molecule has 0 fully saturated rings. The molecule has 1 heterocycles. The molecule has 0 spiro atoms. The normalized spacial score (nSPS) is 12.4. The predicted molar refractivity (Wildman–Crippen MR) is 79.1 cm³/mol. The van der Waals surface area contributed by atoms with E-state index in [4.69, 9.17) is 5.73 Å². The SMILES string of the molecule is CC(C)Cn1cc(NC(=O)C(N)c2ccccc2)cn1. The fourth-order valence-corrected chi connectivity index (χ4v) is 1.93. The van der Waals surface area contributed by atoms with E-state index in [1.165, 1.54) is 0 Å². The monoisotopic (exact) mass is 272 g/mol. The third kappa shape index (κ3) is 3.68. The largest absolute Gasteiger partial charge is 0.322 e. The predicted octanol–water partition coefficient (Wildman–Crippen LogP) is 2.18. The summed E-state index contributed by atoms with van der Waals surface area (Å²) in [4.78, 5) is 12.1. The first kappa shape index (κ1) is 14.3. The maximum atomic E-state index is 12.1. The number of hydrogen-bond acceptors (Lipinski definition) is 3. The minimum atomic E-state index is -0.676. The quantitative estimate of drug-likeness (QED) is 0.876. The van der Waals surface area contributed by atoms with Crippen LogP contribution in [0.4, 0.5) is 5.69 Å². The molecule has 106 valence electrons. The second-order valence-electron chi connectivity index (χ2n) is 5.22. The third-order valence-electron chi connectivity index (χ3n) is 2.89. The van der Waals surface area contributed by atoms with E-state index in [9.17, 15) is 4.79 Å². The Morgan fingerprint density at radius 1 is 1.35 bits per heavy atom. The highest BCUT2D eigenvalue weighted by Crippen LogP contribution is 2.13. The number of carbonyl (C=O) groups excluding carboxylic acids is 1. The average Bonchev–Trinajstić information content (AvgIpc) is 2.85. The van der Waals surface area contributed by atoms with Gasteiger partial charge in [0.2, 0.25) is 5.91 Å². The van der Waals surface area contributed by atoms with Crippen molar-refractivity contribution in [2.24, 2.45) is 11.7 Å². The molecular weight excluding hydrogens is 252 g/mol. The van der Waals surface area contributed by atoms with Gasteiger partial charge in [0, 0.05) is 12.7 Å². The number of nitrogens with two attached hydrogens (primary N) is 1. The minimum absolute atomic E-state index is 0.236. The van der Waals surface area contributed by atoms with Crippen molar-refractivity contribution in [2.45, 2.75) is 26.4 Å². The first-order valence-corrected chi connectivity index (χ1v) is 6.70. The van der Waals surface area contributed by atoms with Gasteiger partial charge in [0.1, 0.15) is 6.04 Å². The van der Waals surface area contributed by atoms with E-state index in [1.807, 2.05) is 41.2 Å². The molecule has 0 bridgehead atoms. The number of aromatic nitrogens is 2. The van der Waals surface area contributed by atoms with Crippen molar-refractivity contribution in [3.63, 3.8) is 0 Å². The van der Waals surface area contributed by atoms with Crippen molar-refractivity contribution in [1.82, 2.24) is 9.78 Å². The van der Waals surface area contributed by atoms with Crippen LogP contribution in [0.25, 0.3) is 0 Å². The van der Waals surface area contributed by atoms with Crippen LogP contribution in [0.1, 0.15) is 25.5 Å². The number of nitrogens with one attached hydrogen (secondary N) is 1. The number of nitrogens with zero attached hydrogens (tertiary/aromatic N) is 2. The highest BCUT2D eigenvalue weighted by Gasteiger charge is 2.16. The van der Waals surface area contributed by atoms with Crippen LogP contribution in [0.15, 0.2) is 42.7 Å². The lowest BCUT2D eigenvalue weighted by Gasteiger charge is -2.11. The Morgan fingerprint density at radius 2 is 2.05 bits per heavy atom. The number of benzene rings is 1. The summed E-state index contributed by atoms with van der Waals surface area (Å²) in [6.45, 7) is 5.05. The Labute approximate surface area is 118 Å². The van der Waals surface area contributed by atoms with Gasteiger partial charge in [-0.25, -0.2) is 0 Å². The summed E-state index contributed by atoms with van der Waals surface area (Å²) in [6.07, 6.45) is 3.45. The molecule has 3 N–H and O–H groups in total. The Hall–Kier alpha value is -2.14. The second-order valence-corrected chi connectivity index (χ2v) is 5.22. The van der Waals surface area contributed by atoms with Gasteiger partial charge in [-0.1, -0.05) is 44.2 Å². The molecule has 0 radical (unpaired) electrons. The van der Waals surface area contributed by atoms with Gasteiger partial charge in [-0.2, -0.15) is 5.10 Å². The fraction of sp³-hybridized carbons (Fsp3) is 0.333. The number of carbonyl (C=O) groups is 1. The molecule has 1 atom stereocenters. The van der Waals surface area contributed by atoms with Gasteiger partial charge in [0.05, 0.1) is 11.9 Å². The van der Waals surface area contributed by atoms with Gasteiger partial charge in [-0.3, -0.25) is 9.48 Å². The van der Waals surface area contributed by atoms with Crippen LogP contribution in [-0.2, 0) is 11.3 Å². The molecule has 1 amide bonds. The summed E-state index contributed by atoms with van der Waals surface area (Å²) >= 11 is 0. The van der Waals surface area contributed by atoms with Gasteiger partial charge in [0.25, 0.3) is 0 Å². The Bertz CT molecular complexity index is 562. The fourth-order valence-electron chi connectivity index (χ4n) is 1.93. The lowest BCUT2D eigenvalue weighted by molar-refractivity contribution is -0.117. The van der Waals surface area contributed by atoms with E-state index in [0.29, 0.717) is 11.6 Å². The molecule has 2 rings (SSSR count). The van der Waals surface area contributed by atoms with Crippen molar-refractivity contribution in [1.29, 1.82) is 0 Å². The Balaban J connectivity index is 1.99. The molecule has 0 saturated heterocycles. The molecule has 20 heavy (non-hydrogen) atoms. The number of rotatable bonds is 5. The van der Waals surface area contributed by atoms with Crippen molar-refractivity contribution in [3.05, 3.63) is 48.3 Å². The van der Waals surface area contributed by atoms with Crippen molar-refractivity contribution >= 4 is 11.6 Å². The molecular formula is C15H20N4O. The van der Waals surface area contributed by atoms with E-state index in [1.54, 1.807) is 6.20 Å². The molecule has 0 saturated carbocycles. The Kier molecular flexibility index (Phi) is 4.53. The number of amides is 1. The second kappa shape index (κ2) is 6.34. The summed E-state index contributed by atoms with van der Waals surface area (Å²) in [5, 5.41) is 6.99. The van der Waals surface area contributed by atoms with Crippen molar-refractivity contribution in [3.8, 4) is 0 Å². The van der Waals surface area contributed by atoms with E-state index in [2.05, 4.69) is 24.3 Å². The maximum absolute atomic E-state index is 12.1. The van der Waals surface area contributed by atoms with Gasteiger partial charge in [-0.05, 0) is 11.5 Å². The lowest BCUT2D eigenvalue weighted by Crippen LogP contribution is -2.27. The summed E-state index contributed by atoms with van der Waals surface area (Å²) in [7, 11) is 0. The van der Waals surface area contributed by atoms with E-state index >= 15 is 0 Å². The molecule has 1 aromatic heterocycles. The molecule has 0 aliphatic carbocycles. The van der Waals surface area contributed by atoms with Crippen LogP contribution in [0.3, 0.4) is 0 Å².